The van der Waals surface area contributed by atoms with E-state index in [1.807, 2.05) is 24.3 Å². The predicted octanol–water partition coefficient (Wildman–Crippen LogP) is 1.77. The molecule has 3 rings (SSSR count). The van der Waals surface area contributed by atoms with Crippen LogP contribution in [0.25, 0.3) is 11.5 Å². The van der Waals surface area contributed by atoms with Gasteiger partial charge in [-0.05, 0) is 37.1 Å². The third-order valence-electron chi connectivity index (χ3n) is 3.17. The molecule has 6 heteroatoms. The summed E-state index contributed by atoms with van der Waals surface area (Å²) < 4.78 is 10.3. The van der Waals surface area contributed by atoms with Crippen molar-refractivity contribution in [1.82, 2.24) is 15.5 Å². The summed E-state index contributed by atoms with van der Waals surface area (Å²) in [5, 5.41) is 6.65. The van der Waals surface area contributed by atoms with Crippen molar-refractivity contribution < 1.29 is 14.1 Å². The van der Waals surface area contributed by atoms with Gasteiger partial charge in [0.05, 0.1) is 13.7 Å². The van der Waals surface area contributed by atoms with Gasteiger partial charge in [0.15, 0.2) is 5.82 Å². The zero-order valence-corrected chi connectivity index (χ0v) is 11.1. The van der Waals surface area contributed by atoms with Crippen molar-refractivity contribution >= 4 is 5.91 Å². The van der Waals surface area contributed by atoms with Crippen molar-refractivity contribution in [1.29, 1.82) is 0 Å². The van der Waals surface area contributed by atoms with Gasteiger partial charge in [0.2, 0.25) is 5.91 Å². The van der Waals surface area contributed by atoms with E-state index in [1.165, 1.54) is 0 Å². The zero-order valence-electron chi connectivity index (χ0n) is 11.1. The lowest BCUT2D eigenvalue weighted by Gasteiger charge is -1.99. The lowest BCUT2D eigenvalue weighted by molar-refractivity contribution is -0.122. The maximum atomic E-state index is 11.5. The van der Waals surface area contributed by atoms with Gasteiger partial charge in [0.25, 0.3) is 5.89 Å². The number of methoxy groups -OCH3 is 1. The lowest BCUT2D eigenvalue weighted by atomic mass is 10.2. The summed E-state index contributed by atoms with van der Waals surface area (Å²) in [7, 11) is 1.61. The summed E-state index contributed by atoms with van der Waals surface area (Å²) in [4.78, 5) is 15.8. The Hall–Kier alpha value is -2.37. The lowest BCUT2D eigenvalue weighted by Crippen LogP contribution is -2.24. The molecular formula is C14H15N3O3. The van der Waals surface area contributed by atoms with Crippen LogP contribution in [0.4, 0.5) is 0 Å². The topological polar surface area (TPSA) is 77.2 Å². The summed E-state index contributed by atoms with van der Waals surface area (Å²) in [5.41, 5.74) is 0.818. The third-order valence-corrected chi connectivity index (χ3v) is 3.17. The summed E-state index contributed by atoms with van der Waals surface area (Å²) in [6, 6.07) is 7.35. The molecule has 2 aromatic rings. The number of benzene rings is 1. The SMILES string of the molecule is COc1ccc(-c2nc(CNC(=O)C3CC3)no2)cc1. The third kappa shape index (κ3) is 2.79. The second-order valence-corrected chi connectivity index (χ2v) is 4.74. The Morgan fingerprint density at radius 1 is 1.40 bits per heavy atom. The van der Waals surface area contributed by atoms with Gasteiger partial charge in [-0.2, -0.15) is 4.98 Å². The smallest absolute Gasteiger partial charge is 0.257 e. The number of nitrogens with one attached hydrogen (secondary N) is 1. The van der Waals surface area contributed by atoms with Gasteiger partial charge < -0.3 is 14.6 Å². The Bertz CT molecular complexity index is 602. The number of hydrogen-bond donors (Lipinski definition) is 1. The van der Waals surface area contributed by atoms with Crippen LogP contribution >= 0.6 is 0 Å². The van der Waals surface area contributed by atoms with E-state index in [2.05, 4.69) is 15.5 Å². The predicted molar refractivity (Wildman–Crippen MR) is 70.9 cm³/mol. The van der Waals surface area contributed by atoms with Crippen molar-refractivity contribution in [2.45, 2.75) is 19.4 Å². The summed E-state index contributed by atoms with van der Waals surface area (Å²) in [6.45, 7) is 0.301. The van der Waals surface area contributed by atoms with Gasteiger partial charge in [0.1, 0.15) is 5.75 Å². The van der Waals surface area contributed by atoms with E-state index in [0.29, 0.717) is 18.3 Å². The molecule has 1 heterocycles. The number of rotatable bonds is 5. The van der Waals surface area contributed by atoms with E-state index in [-0.39, 0.29) is 11.8 Å². The minimum absolute atomic E-state index is 0.0702. The molecule has 0 atom stereocenters. The Kier molecular flexibility index (Phi) is 3.37. The van der Waals surface area contributed by atoms with Crippen LogP contribution in [0.1, 0.15) is 18.7 Å². The second kappa shape index (κ2) is 5.32. The minimum atomic E-state index is 0.0702. The van der Waals surface area contributed by atoms with Gasteiger partial charge in [-0.25, -0.2) is 0 Å². The fraction of sp³-hybridized carbons (Fsp3) is 0.357. The Morgan fingerprint density at radius 3 is 2.80 bits per heavy atom. The Labute approximate surface area is 116 Å². The number of nitrogens with zero attached hydrogens (tertiary/aromatic N) is 2. The molecule has 1 aromatic carbocycles. The van der Waals surface area contributed by atoms with E-state index in [9.17, 15) is 4.79 Å². The summed E-state index contributed by atoms with van der Waals surface area (Å²) in [5.74, 6) is 1.93. The summed E-state index contributed by atoms with van der Waals surface area (Å²) in [6.07, 6.45) is 1.96. The van der Waals surface area contributed by atoms with Crippen molar-refractivity contribution in [3.05, 3.63) is 30.1 Å². The van der Waals surface area contributed by atoms with Crippen LogP contribution in [0.2, 0.25) is 0 Å². The van der Waals surface area contributed by atoms with E-state index >= 15 is 0 Å². The highest BCUT2D eigenvalue weighted by Crippen LogP contribution is 2.28. The van der Waals surface area contributed by atoms with Gasteiger partial charge >= 0.3 is 0 Å². The molecule has 1 aliphatic rings. The van der Waals surface area contributed by atoms with Crippen molar-refractivity contribution in [2.24, 2.45) is 5.92 Å². The van der Waals surface area contributed by atoms with Crippen LogP contribution < -0.4 is 10.1 Å². The van der Waals surface area contributed by atoms with Gasteiger partial charge in [-0.3, -0.25) is 4.79 Å². The highest BCUT2D eigenvalue weighted by Gasteiger charge is 2.29. The van der Waals surface area contributed by atoms with E-state index in [0.717, 1.165) is 24.2 Å². The number of carbonyl (C=O) groups excluding carboxylic acids is 1. The average Bonchev–Trinajstić information content (AvgIpc) is 3.24. The van der Waals surface area contributed by atoms with Crippen molar-refractivity contribution in [2.75, 3.05) is 7.11 Å². The molecular weight excluding hydrogens is 258 g/mol. The highest BCUT2D eigenvalue weighted by molar-refractivity contribution is 5.80. The minimum Gasteiger partial charge on any atom is -0.497 e. The molecule has 1 amide bonds. The molecule has 1 aliphatic carbocycles. The molecule has 0 bridgehead atoms. The molecule has 104 valence electrons. The number of hydrogen-bond acceptors (Lipinski definition) is 5. The molecule has 0 saturated heterocycles. The van der Waals surface area contributed by atoms with Crippen molar-refractivity contribution in [3.8, 4) is 17.2 Å². The van der Waals surface area contributed by atoms with Crippen LogP contribution in [0, 0.1) is 5.92 Å². The molecule has 1 saturated carbocycles. The normalized spacial score (nSPS) is 14.1. The monoisotopic (exact) mass is 273 g/mol. The molecule has 1 fully saturated rings. The molecule has 0 radical (unpaired) electrons. The number of carbonyl (C=O) groups is 1. The van der Waals surface area contributed by atoms with Crippen molar-refractivity contribution in [3.63, 3.8) is 0 Å². The van der Waals surface area contributed by atoms with E-state index in [4.69, 9.17) is 9.26 Å². The molecule has 1 aromatic heterocycles. The van der Waals surface area contributed by atoms with Crippen LogP contribution in [0.5, 0.6) is 5.75 Å². The average molecular weight is 273 g/mol. The molecule has 6 nitrogen and oxygen atoms in total. The quantitative estimate of drug-likeness (QED) is 0.898. The van der Waals surface area contributed by atoms with Gasteiger partial charge in [-0.15, -0.1) is 0 Å². The molecule has 0 aliphatic heterocycles. The first kappa shape index (κ1) is 12.7. The van der Waals surface area contributed by atoms with Gasteiger partial charge in [-0.1, -0.05) is 5.16 Å². The largest absolute Gasteiger partial charge is 0.497 e. The number of ether oxygens (including phenoxy) is 1. The molecule has 0 unspecified atom stereocenters. The van der Waals surface area contributed by atoms with E-state index < -0.39 is 0 Å². The van der Waals surface area contributed by atoms with Gasteiger partial charge in [0, 0.05) is 11.5 Å². The fourth-order valence-corrected chi connectivity index (χ4v) is 1.83. The zero-order chi connectivity index (χ0) is 13.9. The van der Waals surface area contributed by atoms with Crippen LogP contribution in [-0.2, 0) is 11.3 Å². The Morgan fingerprint density at radius 2 is 2.15 bits per heavy atom. The van der Waals surface area contributed by atoms with Crippen LogP contribution in [0.3, 0.4) is 0 Å². The molecule has 0 spiro atoms. The first-order valence-electron chi connectivity index (χ1n) is 6.51. The van der Waals surface area contributed by atoms with E-state index in [1.54, 1.807) is 7.11 Å². The first-order valence-corrected chi connectivity index (χ1v) is 6.51. The molecule has 1 N–H and O–H groups in total. The number of amides is 1. The standard InChI is InChI=1S/C14H15N3O3/c1-19-11-6-4-10(5-7-11)14-16-12(17-20-14)8-15-13(18)9-2-3-9/h4-7,9H,2-3,8H2,1H3,(H,15,18). The second-order valence-electron chi connectivity index (χ2n) is 4.74. The van der Waals surface area contributed by atoms with Crippen LogP contribution in [0.15, 0.2) is 28.8 Å². The molecule has 20 heavy (non-hydrogen) atoms. The van der Waals surface area contributed by atoms with Crippen LogP contribution in [-0.4, -0.2) is 23.2 Å². The maximum Gasteiger partial charge on any atom is 0.257 e. The summed E-state index contributed by atoms with van der Waals surface area (Å²) >= 11 is 0. The number of aromatic nitrogens is 2. The highest BCUT2D eigenvalue weighted by atomic mass is 16.5. The maximum absolute atomic E-state index is 11.5. The first-order chi connectivity index (χ1) is 9.76. The fourth-order valence-electron chi connectivity index (χ4n) is 1.83. The Balaban J connectivity index is 1.64.